The molecular formula is C20H28N2O9S2. The van der Waals surface area contributed by atoms with Crippen molar-refractivity contribution in [3.05, 3.63) is 48.5 Å². The lowest BCUT2D eigenvalue weighted by molar-refractivity contribution is -0.136. The third-order valence-electron chi connectivity index (χ3n) is 3.96. The molecule has 2 rings (SSSR count). The molecule has 184 valence electrons. The maximum Gasteiger partial charge on any atom is 0.304 e. The lowest BCUT2D eigenvalue weighted by Crippen LogP contribution is -2.26. The summed E-state index contributed by atoms with van der Waals surface area (Å²) in [5, 5.41) is 17.0. The average molecular weight is 505 g/mol. The van der Waals surface area contributed by atoms with Crippen LogP contribution in [0.2, 0.25) is 0 Å². The van der Waals surface area contributed by atoms with Crippen molar-refractivity contribution in [1.82, 2.24) is 9.44 Å². The highest BCUT2D eigenvalue weighted by molar-refractivity contribution is 7.89. The molecule has 0 aromatic heterocycles. The number of hydrogen-bond acceptors (Lipinski definition) is 8. The van der Waals surface area contributed by atoms with Gasteiger partial charge in [0.25, 0.3) is 0 Å². The van der Waals surface area contributed by atoms with Gasteiger partial charge < -0.3 is 19.7 Å². The van der Waals surface area contributed by atoms with Crippen molar-refractivity contribution < 1.29 is 41.3 Å². The van der Waals surface area contributed by atoms with E-state index in [2.05, 4.69) is 9.44 Å². The quantitative estimate of drug-likeness (QED) is 0.306. The number of ether oxygens (including phenoxy) is 2. The third-order valence-corrected chi connectivity index (χ3v) is 6.88. The average Bonchev–Trinajstić information content (AvgIpc) is 2.79. The molecule has 0 unspecified atom stereocenters. The van der Waals surface area contributed by atoms with Gasteiger partial charge in [-0.05, 0) is 30.7 Å². The fourth-order valence-electron chi connectivity index (χ4n) is 2.28. The standard InChI is InChI=1S/C10H13NO5S.C10H15NO4S/c1-16-8-3-2-4-9(7-8)17(14,15)11-6-5-10(12)13;1-15-9-4-2-5-10(8-9)16(13,14)11-6-3-7-12/h2-4,7,11H,5-6H2,1H3,(H,12,13);2,4-5,8,11-12H,3,6-7H2,1H3. The lowest BCUT2D eigenvalue weighted by Gasteiger charge is -2.07. The van der Waals surface area contributed by atoms with E-state index in [1.165, 1.54) is 38.5 Å². The summed E-state index contributed by atoms with van der Waals surface area (Å²) in [7, 11) is -4.28. The van der Waals surface area contributed by atoms with E-state index in [1.807, 2.05) is 0 Å². The molecule has 2 aromatic rings. The lowest BCUT2D eigenvalue weighted by atomic mass is 10.3. The summed E-state index contributed by atoms with van der Waals surface area (Å²) in [6, 6.07) is 12.2. The maximum absolute atomic E-state index is 11.7. The molecule has 0 radical (unpaired) electrons. The predicted octanol–water partition coefficient (Wildman–Crippen LogP) is 0.804. The van der Waals surface area contributed by atoms with E-state index in [0.717, 1.165) is 0 Å². The summed E-state index contributed by atoms with van der Waals surface area (Å²) in [5.41, 5.74) is 0. The first-order chi connectivity index (χ1) is 15.6. The number of aliphatic carboxylic acids is 1. The van der Waals surface area contributed by atoms with Crippen LogP contribution in [-0.4, -0.2) is 66.9 Å². The Labute approximate surface area is 193 Å². The molecule has 0 atom stereocenters. The van der Waals surface area contributed by atoms with Crippen LogP contribution in [0.4, 0.5) is 0 Å². The molecule has 0 aliphatic heterocycles. The van der Waals surface area contributed by atoms with Crippen molar-refractivity contribution in [2.45, 2.75) is 22.6 Å². The van der Waals surface area contributed by atoms with E-state index in [4.69, 9.17) is 19.7 Å². The van der Waals surface area contributed by atoms with Gasteiger partial charge in [-0.3, -0.25) is 4.79 Å². The molecule has 0 heterocycles. The van der Waals surface area contributed by atoms with Crippen LogP contribution in [-0.2, 0) is 24.8 Å². The Bertz CT molecular complexity index is 1100. The molecule has 0 bridgehead atoms. The molecule has 0 saturated heterocycles. The number of benzene rings is 2. The van der Waals surface area contributed by atoms with Gasteiger partial charge in [0.15, 0.2) is 0 Å². The Morgan fingerprint density at radius 2 is 1.30 bits per heavy atom. The molecule has 2 aromatic carbocycles. The zero-order valence-electron chi connectivity index (χ0n) is 18.2. The highest BCUT2D eigenvalue weighted by Crippen LogP contribution is 2.17. The number of carbonyl (C=O) groups is 1. The van der Waals surface area contributed by atoms with Crippen molar-refractivity contribution in [1.29, 1.82) is 0 Å². The topological polar surface area (TPSA) is 168 Å². The van der Waals surface area contributed by atoms with Gasteiger partial charge in [0.1, 0.15) is 11.5 Å². The van der Waals surface area contributed by atoms with Gasteiger partial charge in [0.2, 0.25) is 20.0 Å². The van der Waals surface area contributed by atoms with Gasteiger partial charge in [0, 0.05) is 31.8 Å². The molecule has 11 nitrogen and oxygen atoms in total. The molecule has 0 amide bonds. The predicted molar refractivity (Wildman–Crippen MR) is 120 cm³/mol. The molecule has 0 aliphatic carbocycles. The van der Waals surface area contributed by atoms with Crippen LogP contribution >= 0.6 is 0 Å². The second kappa shape index (κ2) is 13.7. The van der Waals surface area contributed by atoms with Gasteiger partial charge in [-0.1, -0.05) is 12.1 Å². The molecule has 0 fully saturated rings. The van der Waals surface area contributed by atoms with Crippen molar-refractivity contribution in [2.75, 3.05) is 33.9 Å². The Kier molecular flexibility index (Phi) is 11.8. The van der Waals surface area contributed by atoms with Crippen LogP contribution in [0.3, 0.4) is 0 Å². The number of aliphatic hydroxyl groups excluding tert-OH is 1. The van der Waals surface area contributed by atoms with Crippen LogP contribution in [0.5, 0.6) is 11.5 Å². The molecule has 4 N–H and O–H groups in total. The number of rotatable bonds is 12. The van der Waals surface area contributed by atoms with Crippen LogP contribution < -0.4 is 18.9 Å². The van der Waals surface area contributed by atoms with Crippen molar-refractivity contribution in [3.63, 3.8) is 0 Å². The van der Waals surface area contributed by atoms with E-state index < -0.39 is 26.0 Å². The minimum absolute atomic E-state index is 0.0410. The van der Waals surface area contributed by atoms with Crippen LogP contribution in [0.25, 0.3) is 0 Å². The number of nitrogens with one attached hydrogen (secondary N) is 2. The second-order valence-corrected chi connectivity index (χ2v) is 9.91. The van der Waals surface area contributed by atoms with Gasteiger partial charge in [-0.2, -0.15) is 0 Å². The van der Waals surface area contributed by atoms with E-state index in [-0.39, 0.29) is 35.9 Å². The highest BCUT2D eigenvalue weighted by atomic mass is 32.2. The van der Waals surface area contributed by atoms with Gasteiger partial charge in [0.05, 0.1) is 30.4 Å². The fraction of sp³-hybridized carbons (Fsp3) is 0.350. The Morgan fingerprint density at radius 1 is 0.848 bits per heavy atom. The zero-order valence-corrected chi connectivity index (χ0v) is 19.9. The summed E-state index contributed by atoms with van der Waals surface area (Å²) in [5.74, 6) is -0.144. The number of carboxylic acids is 1. The number of sulfonamides is 2. The van der Waals surface area contributed by atoms with Gasteiger partial charge in [-0.15, -0.1) is 0 Å². The Morgan fingerprint density at radius 3 is 1.70 bits per heavy atom. The summed E-state index contributed by atoms with van der Waals surface area (Å²) < 4.78 is 61.3. The first-order valence-electron chi connectivity index (χ1n) is 9.66. The van der Waals surface area contributed by atoms with E-state index >= 15 is 0 Å². The van der Waals surface area contributed by atoms with E-state index in [0.29, 0.717) is 17.9 Å². The van der Waals surface area contributed by atoms with Crippen molar-refractivity contribution in [3.8, 4) is 11.5 Å². The fourth-order valence-corrected chi connectivity index (χ4v) is 4.46. The summed E-state index contributed by atoms with van der Waals surface area (Å²) in [6.45, 7) is 0.0333. The second-order valence-electron chi connectivity index (χ2n) is 6.37. The van der Waals surface area contributed by atoms with Crippen LogP contribution in [0, 0.1) is 0 Å². The van der Waals surface area contributed by atoms with Crippen LogP contribution in [0.1, 0.15) is 12.8 Å². The Hall–Kier alpha value is -2.71. The van der Waals surface area contributed by atoms with Crippen molar-refractivity contribution >= 4 is 26.0 Å². The number of methoxy groups -OCH3 is 2. The van der Waals surface area contributed by atoms with E-state index in [1.54, 1.807) is 24.3 Å². The normalized spacial score (nSPS) is 11.2. The number of carboxylic acid groups (broad SMARTS) is 1. The first-order valence-corrected chi connectivity index (χ1v) is 12.6. The number of hydrogen-bond donors (Lipinski definition) is 4. The summed E-state index contributed by atoms with van der Waals surface area (Å²) >= 11 is 0. The zero-order chi connectivity index (χ0) is 24.9. The van der Waals surface area contributed by atoms with E-state index in [9.17, 15) is 21.6 Å². The minimum atomic E-state index is -3.68. The van der Waals surface area contributed by atoms with Crippen molar-refractivity contribution in [2.24, 2.45) is 0 Å². The molecule has 0 aliphatic rings. The number of aliphatic hydroxyl groups is 1. The molecule has 33 heavy (non-hydrogen) atoms. The monoisotopic (exact) mass is 504 g/mol. The molecule has 0 saturated carbocycles. The highest BCUT2D eigenvalue weighted by Gasteiger charge is 2.15. The third kappa shape index (κ3) is 10.2. The van der Waals surface area contributed by atoms with Crippen LogP contribution in [0.15, 0.2) is 58.3 Å². The smallest absolute Gasteiger partial charge is 0.304 e. The summed E-state index contributed by atoms with van der Waals surface area (Å²) in [6.07, 6.45) is 0.131. The maximum atomic E-state index is 11.7. The van der Waals surface area contributed by atoms with Gasteiger partial charge >= 0.3 is 5.97 Å². The summed E-state index contributed by atoms with van der Waals surface area (Å²) in [4.78, 5) is 10.5. The minimum Gasteiger partial charge on any atom is -0.497 e. The SMILES string of the molecule is COc1cccc(S(=O)(=O)NCCC(=O)O)c1.COc1cccc(S(=O)(=O)NCCCO)c1. The Balaban J connectivity index is 0.000000331. The molecule has 0 spiro atoms. The molecular weight excluding hydrogens is 476 g/mol. The first kappa shape index (κ1) is 28.3. The van der Waals surface area contributed by atoms with Gasteiger partial charge in [-0.25, -0.2) is 26.3 Å². The largest absolute Gasteiger partial charge is 0.497 e. The molecule has 13 heteroatoms.